The Morgan fingerprint density at radius 1 is 1.56 bits per heavy atom. The first-order valence-electron chi connectivity index (χ1n) is 4.99. The zero-order valence-electron chi connectivity index (χ0n) is 8.92. The smallest absolute Gasteiger partial charge is 0.124 e. The molecule has 1 aromatic carbocycles. The lowest BCUT2D eigenvalue weighted by molar-refractivity contribution is 0.0778. The van der Waals surface area contributed by atoms with Gasteiger partial charge in [-0.25, -0.2) is 0 Å². The summed E-state index contributed by atoms with van der Waals surface area (Å²) in [6.45, 7) is 1.74. The van der Waals surface area contributed by atoms with E-state index in [2.05, 4.69) is 6.07 Å². The molecule has 0 fully saturated rings. The molecule has 4 heteroatoms. The number of nitriles is 1. The minimum Gasteiger partial charge on any atom is -0.374 e. The maximum atomic E-state index is 9.62. The highest BCUT2D eigenvalue weighted by Crippen LogP contribution is 2.32. The van der Waals surface area contributed by atoms with E-state index in [1.165, 1.54) is 0 Å². The number of thioether (sulfide) groups is 1. The molecule has 1 aromatic rings. The van der Waals surface area contributed by atoms with E-state index in [0.717, 1.165) is 17.1 Å². The third-order valence-electron chi connectivity index (χ3n) is 2.46. The van der Waals surface area contributed by atoms with Gasteiger partial charge in [0.05, 0.1) is 23.2 Å². The van der Waals surface area contributed by atoms with Crippen LogP contribution in [0.15, 0.2) is 29.7 Å². The van der Waals surface area contributed by atoms with Crippen molar-refractivity contribution in [1.82, 2.24) is 4.90 Å². The van der Waals surface area contributed by atoms with Crippen molar-refractivity contribution in [2.75, 3.05) is 5.88 Å². The van der Waals surface area contributed by atoms with E-state index in [1.807, 2.05) is 28.5 Å². The zero-order valence-corrected chi connectivity index (χ0v) is 9.74. The predicted octanol–water partition coefficient (Wildman–Crippen LogP) is 2.20. The zero-order chi connectivity index (χ0) is 11.5. The minimum atomic E-state index is -0.507. The van der Waals surface area contributed by atoms with Crippen molar-refractivity contribution in [3.63, 3.8) is 0 Å². The monoisotopic (exact) mass is 232 g/mol. The molecule has 0 spiro atoms. The van der Waals surface area contributed by atoms with E-state index in [1.54, 1.807) is 24.8 Å². The molecule has 0 aromatic heterocycles. The van der Waals surface area contributed by atoms with Gasteiger partial charge in [-0.3, -0.25) is 0 Å². The Bertz CT molecular complexity index is 462. The van der Waals surface area contributed by atoms with Gasteiger partial charge in [-0.15, -0.1) is 11.8 Å². The standard InChI is InChI=1S/C12H12N2OS/c1-9(15)14-8-16-7-12(14)11-4-2-3-10(5-11)6-13/h2-5,7,9,15H,8H2,1H3. The molecule has 0 bridgehead atoms. The Balaban J connectivity index is 2.34. The molecule has 0 saturated carbocycles. The predicted molar refractivity (Wildman–Crippen MR) is 65.1 cm³/mol. The van der Waals surface area contributed by atoms with Crippen LogP contribution in [0.3, 0.4) is 0 Å². The van der Waals surface area contributed by atoms with Crippen molar-refractivity contribution in [2.45, 2.75) is 13.2 Å². The van der Waals surface area contributed by atoms with E-state index in [9.17, 15) is 5.11 Å². The number of aliphatic hydroxyl groups excluding tert-OH is 1. The quantitative estimate of drug-likeness (QED) is 0.849. The highest BCUT2D eigenvalue weighted by atomic mass is 32.2. The maximum Gasteiger partial charge on any atom is 0.124 e. The van der Waals surface area contributed by atoms with E-state index < -0.39 is 6.23 Å². The number of hydrogen-bond donors (Lipinski definition) is 1. The van der Waals surface area contributed by atoms with Crippen LogP contribution in [0.4, 0.5) is 0 Å². The topological polar surface area (TPSA) is 47.3 Å². The summed E-state index contributed by atoms with van der Waals surface area (Å²) in [4.78, 5) is 1.90. The van der Waals surface area contributed by atoms with Crippen LogP contribution in [0, 0.1) is 11.3 Å². The van der Waals surface area contributed by atoms with Gasteiger partial charge in [-0.05, 0) is 30.0 Å². The second-order valence-electron chi connectivity index (χ2n) is 3.59. The van der Waals surface area contributed by atoms with Gasteiger partial charge in [0.1, 0.15) is 6.23 Å². The molecule has 2 rings (SSSR count). The van der Waals surface area contributed by atoms with Gasteiger partial charge in [0.15, 0.2) is 0 Å². The molecule has 0 amide bonds. The van der Waals surface area contributed by atoms with Crippen molar-refractivity contribution in [3.05, 3.63) is 40.8 Å². The summed E-state index contributed by atoms with van der Waals surface area (Å²) in [5, 5.41) is 20.5. The maximum absolute atomic E-state index is 9.62. The minimum absolute atomic E-state index is 0.507. The number of rotatable bonds is 2. The van der Waals surface area contributed by atoms with E-state index in [-0.39, 0.29) is 0 Å². The fourth-order valence-electron chi connectivity index (χ4n) is 1.62. The van der Waals surface area contributed by atoms with Crippen LogP contribution in [0.2, 0.25) is 0 Å². The summed E-state index contributed by atoms with van der Waals surface area (Å²) in [6.07, 6.45) is -0.507. The average molecular weight is 232 g/mol. The lowest BCUT2D eigenvalue weighted by Crippen LogP contribution is -2.28. The third-order valence-corrected chi connectivity index (χ3v) is 3.27. The van der Waals surface area contributed by atoms with Gasteiger partial charge in [0.2, 0.25) is 0 Å². The van der Waals surface area contributed by atoms with Crippen LogP contribution in [-0.4, -0.2) is 22.1 Å². The van der Waals surface area contributed by atoms with Crippen molar-refractivity contribution in [2.24, 2.45) is 0 Å². The summed E-state index contributed by atoms with van der Waals surface area (Å²) in [6, 6.07) is 9.55. The summed E-state index contributed by atoms with van der Waals surface area (Å²) >= 11 is 1.65. The fourth-order valence-corrected chi connectivity index (χ4v) is 2.64. The van der Waals surface area contributed by atoms with Gasteiger partial charge >= 0.3 is 0 Å². The summed E-state index contributed by atoms with van der Waals surface area (Å²) in [5.74, 6) is 0.754. The Labute approximate surface area is 99.0 Å². The summed E-state index contributed by atoms with van der Waals surface area (Å²) < 4.78 is 0. The molecule has 0 saturated heterocycles. The van der Waals surface area contributed by atoms with Crippen LogP contribution in [-0.2, 0) is 0 Å². The van der Waals surface area contributed by atoms with Gasteiger partial charge in [0, 0.05) is 0 Å². The Hall–Kier alpha value is -1.44. The molecule has 1 heterocycles. The Morgan fingerprint density at radius 2 is 2.38 bits per heavy atom. The highest BCUT2D eigenvalue weighted by molar-refractivity contribution is 8.02. The Kier molecular flexibility index (Phi) is 3.18. The van der Waals surface area contributed by atoms with Gasteiger partial charge in [0.25, 0.3) is 0 Å². The highest BCUT2D eigenvalue weighted by Gasteiger charge is 2.20. The molecule has 0 radical (unpaired) electrons. The molecule has 0 aliphatic carbocycles. The molecule has 82 valence electrons. The summed E-state index contributed by atoms with van der Waals surface area (Å²) in [5.41, 5.74) is 2.60. The normalized spacial score (nSPS) is 16.8. The second-order valence-corrected chi connectivity index (χ2v) is 4.42. The molecule has 1 aliphatic heterocycles. The SMILES string of the molecule is CC(O)N1CSC=C1c1cccc(C#N)c1. The molecule has 1 N–H and O–H groups in total. The molecule has 1 unspecified atom stereocenters. The van der Waals surface area contributed by atoms with E-state index >= 15 is 0 Å². The molecule has 3 nitrogen and oxygen atoms in total. The molecule has 16 heavy (non-hydrogen) atoms. The van der Waals surface area contributed by atoms with Gasteiger partial charge in [-0.2, -0.15) is 5.26 Å². The fraction of sp³-hybridized carbons (Fsp3) is 0.250. The van der Waals surface area contributed by atoms with Crippen LogP contribution in [0.1, 0.15) is 18.1 Å². The third kappa shape index (κ3) is 2.06. The molecular formula is C12H12N2OS. The first-order chi connectivity index (χ1) is 7.72. The van der Waals surface area contributed by atoms with Crippen molar-refractivity contribution in [1.29, 1.82) is 5.26 Å². The average Bonchev–Trinajstić information content (AvgIpc) is 2.78. The van der Waals surface area contributed by atoms with Gasteiger partial charge in [-0.1, -0.05) is 12.1 Å². The summed E-state index contributed by atoms with van der Waals surface area (Å²) in [7, 11) is 0. The number of aliphatic hydroxyl groups is 1. The van der Waals surface area contributed by atoms with Gasteiger partial charge < -0.3 is 10.0 Å². The molecular weight excluding hydrogens is 220 g/mol. The second kappa shape index (κ2) is 4.60. The van der Waals surface area contributed by atoms with Crippen molar-refractivity contribution < 1.29 is 5.11 Å². The molecule has 1 atom stereocenters. The van der Waals surface area contributed by atoms with Crippen LogP contribution < -0.4 is 0 Å². The van der Waals surface area contributed by atoms with Crippen LogP contribution >= 0.6 is 11.8 Å². The molecule has 1 aliphatic rings. The van der Waals surface area contributed by atoms with Crippen LogP contribution in [0.5, 0.6) is 0 Å². The first kappa shape index (κ1) is 11.1. The van der Waals surface area contributed by atoms with E-state index in [4.69, 9.17) is 5.26 Å². The number of nitrogens with zero attached hydrogens (tertiary/aromatic N) is 2. The number of benzene rings is 1. The van der Waals surface area contributed by atoms with E-state index in [0.29, 0.717) is 5.56 Å². The number of hydrogen-bond acceptors (Lipinski definition) is 4. The van der Waals surface area contributed by atoms with Crippen molar-refractivity contribution >= 4 is 17.5 Å². The Morgan fingerprint density at radius 3 is 3.06 bits per heavy atom. The lowest BCUT2D eigenvalue weighted by Gasteiger charge is -2.24. The van der Waals surface area contributed by atoms with Crippen molar-refractivity contribution in [3.8, 4) is 6.07 Å². The first-order valence-corrected chi connectivity index (χ1v) is 6.04. The van der Waals surface area contributed by atoms with Crippen LogP contribution in [0.25, 0.3) is 5.70 Å². The lowest BCUT2D eigenvalue weighted by atomic mass is 10.1. The largest absolute Gasteiger partial charge is 0.374 e.